The van der Waals surface area contributed by atoms with Crippen LogP contribution in [0.2, 0.25) is 0 Å². The summed E-state index contributed by atoms with van der Waals surface area (Å²) >= 11 is 0. The minimum atomic E-state index is -5.08. The van der Waals surface area contributed by atoms with Gasteiger partial charge < -0.3 is 24.2 Å². The van der Waals surface area contributed by atoms with E-state index < -0.39 is 12.1 Å². The van der Waals surface area contributed by atoms with Gasteiger partial charge in [-0.05, 0) is 32.5 Å². The van der Waals surface area contributed by atoms with Crippen LogP contribution in [0.3, 0.4) is 0 Å². The van der Waals surface area contributed by atoms with Gasteiger partial charge in [0.1, 0.15) is 0 Å². The fourth-order valence-electron chi connectivity index (χ4n) is 3.55. The van der Waals surface area contributed by atoms with Gasteiger partial charge in [-0.1, -0.05) is 6.07 Å². The number of carboxylic acids is 1. The summed E-state index contributed by atoms with van der Waals surface area (Å²) in [4.78, 5) is 37.9. The van der Waals surface area contributed by atoms with Crippen LogP contribution in [0.4, 0.5) is 13.2 Å². The first-order valence-corrected chi connectivity index (χ1v) is 10.0. The van der Waals surface area contributed by atoms with Crippen LogP contribution in [0.5, 0.6) is 0 Å². The molecular weight excluding hydrogens is 419 g/mol. The smallest absolute Gasteiger partial charge is 0.475 e. The molecule has 1 N–H and O–H groups in total. The molecular formula is C20H28F3N3O5. The number of pyridine rings is 1. The van der Waals surface area contributed by atoms with E-state index in [1.54, 1.807) is 6.07 Å². The fraction of sp³-hybridized carbons (Fsp3) is 0.650. The highest BCUT2D eigenvalue weighted by molar-refractivity contribution is 5.79. The zero-order valence-electron chi connectivity index (χ0n) is 17.7. The predicted octanol–water partition coefficient (Wildman–Crippen LogP) is 1.01. The van der Waals surface area contributed by atoms with Crippen molar-refractivity contribution in [2.75, 3.05) is 46.9 Å². The number of hydrogen-bond acceptors (Lipinski definition) is 5. The lowest BCUT2D eigenvalue weighted by atomic mass is 10.1. The third-order valence-electron chi connectivity index (χ3n) is 5.26. The highest BCUT2D eigenvalue weighted by Gasteiger charge is 2.38. The molecule has 1 fully saturated rings. The number of nitrogens with zero attached hydrogens (tertiary/aromatic N) is 3. The standard InChI is InChI=1S/C18H27N3O3.C2HF3O2/c1-19(2)10-11-21-16-6-9-20(18(23)15-7-12-24-13-15)8-5-14(16)3-4-17(21)22;3-2(4,5)1(6)7/h3-4,15H,5-13H2,1-2H3;(H,6,7). The Labute approximate surface area is 178 Å². The van der Waals surface area contributed by atoms with Crippen molar-refractivity contribution in [3.63, 3.8) is 0 Å². The van der Waals surface area contributed by atoms with Gasteiger partial charge in [0.15, 0.2) is 0 Å². The Morgan fingerprint density at radius 3 is 2.42 bits per heavy atom. The van der Waals surface area contributed by atoms with Crippen LogP contribution in [-0.2, 0) is 33.7 Å². The summed E-state index contributed by atoms with van der Waals surface area (Å²) in [7, 11) is 4.02. The number of likely N-dealkylation sites (N-methyl/N-ethyl adjacent to an activating group) is 1. The molecule has 8 nitrogen and oxygen atoms in total. The highest BCUT2D eigenvalue weighted by atomic mass is 19.4. The molecule has 0 spiro atoms. The number of carbonyl (C=O) groups is 2. The van der Waals surface area contributed by atoms with E-state index in [2.05, 4.69) is 4.90 Å². The van der Waals surface area contributed by atoms with Crippen LogP contribution < -0.4 is 5.56 Å². The van der Waals surface area contributed by atoms with E-state index in [0.717, 1.165) is 38.0 Å². The van der Waals surface area contributed by atoms with Gasteiger partial charge in [-0.15, -0.1) is 0 Å². The normalized spacial score (nSPS) is 18.8. The maximum Gasteiger partial charge on any atom is 0.490 e. The molecule has 1 amide bonds. The van der Waals surface area contributed by atoms with Crippen molar-refractivity contribution in [2.24, 2.45) is 5.92 Å². The molecule has 11 heteroatoms. The molecule has 1 aromatic heterocycles. The number of rotatable bonds is 4. The molecule has 0 saturated carbocycles. The molecule has 1 atom stereocenters. The molecule has 0 aliphatic carbocycles. The van der Waals surface area contributed by atoms with Crippen LogP contribution in [0, 0.1) is 5.92 Å². The van der Waals surface area contributed by atoms with Crippen molar-refractivity contribution < 1.29 is 32.6 Å². The van der Waals surface area contributed by atoms with E-state index in [1.165, 1.54) is 5.56 Å². The third-order valence-corrected chi connectivity index (χ3v) is 5.26. The summed E-state index contributed by atoms with van der Waals surface area (Å²) in [6.07, 6.45) is -2.69. The number of carbonyl (C=O) groups excluding carboxylic acids is 1. The van der Waals surface area contributed by atoms with E-state index >= 15 is 0 Å². The van der Waals surface area contributed by atoms with Gasteiger partial charge in [-0.25, -0.2) is 4.79 Å². The summed E-state index contributed by atoms with van der Waals surface area (Å²) < 4.78 is 39.0. The lowest BCUT2D eigenvalue weighted by Gasteiger charge is -2.23. The molecule has 3 rings (SSSR count). The summed E-state index contributed by atoms with van der Waals surface area (Å²) in [5, 5.41) is 7.12. The van der Waals surface area contributed by atoms with Gasteiger partial charge in [0.2, 0.25) is 5.91 Å². The van der Waals surface area contributed by atoms with E-state index in [4.69, 9.17) is 14.6 Å². The summed E-state index contributed by atoms with van der Waals surface area (Å²) in [5.41, 5.74) is 2.35. The Morgan fingerprint density at radius 1 is 1.23 bits per heavy atom. The van der Waals surface area contributed by atoms with Crippen LogP contribution in [0.15, 0.2) is 16.9 Å². The molecule has 0 aromatic carbocycles. The lowest BCUT2D eigenvalue weighted by Crippen LogP contribution is -2.38. The Bertz CT molecular complexity index is 832. The Hall–Kier alpha value is -2.40. The van der Waals surface area contributed by atoms with Crippen LogP contribution in [-0.4, -0.2) is 84.5 Å². The summed E-state index contributed by atoms with van der Waals surface area (Å²) in [6, 6.07) is 3.60. The molecule has 0 radical (unpaired) electrons. The number of ether oxygens (including phenoxy) is 1. The van der Waals surface area contributed by atoms with Gasteiger partial charge in [0, 0.05) is 51.0 Å². The summed E-state index contributed by atoms with van der Waals surface area (Å²) in [6.45, 7) is 4.18. The first-order valence-electron chi connectivity index (χ1n) is 10.0. The lowest BCUT2D eigenvalue weighted by molar-refractivity contribution is -0.192. The molecule has 3 heterocycles. The van der Waals surface area contributed by atoms with Crippen LogP contribution in [0.1, 0.15) is 17.7 Å². The number of halogens is 3. The molecule has 31 heavy (non-hydrogen) atoms. The van der Waals surface area contributed by atoms with E-state index in [1.807, 2.05) is 29.6 Å². The minimum absolute atomic E-state index is 0.0159. The monoisotopic (exact) mass is 447 g/mol. The number of hydrogen-bond donors (Lipinski definition) is 1. The number of aromatic nitrogens is 1. The van der Waals surface area contributed by atoms with Crippen molar-refractivity contribution in [1.82, 2.24) is 14.4 Å². The molecule has 2 aliphatic rings. The number of fused-ring (bicyclic) bond motifs is 1. The van der Waals surface area contributed by atoms with Gasteiger partial charge in [0.05, 0.1) is 12.5 Å². The topological polar surface area (TPSA) is 92.1 Å². The van der Waals surface area contributed by atoms with Crippen molar-refractivity contribution in [2.45, 2.75) is 32.0 Å². The maximum absolute atomic E-state index is 12.6. The average molecular weight is 447 g/mol. The number of carboxylic acid groups (broad SMARTS) is 1. The van der Waals surface area contributed by atoms with Crippen molar-refractivity contribution in [3.8, 4) is 0 Å². The number of aliphatic carboxylic acids is 1. The number of amides is 1. The first kappa shape index (κ1) is 24.9. The van der Waals surface area contributed by atoms with Crippen LogP contribution >= 0.6 is 0 Å². The van der Waals surface area contributed by atoms with E-state index in [-0.39, 0.29) is 17.4 Å². The minimum Gasteiger partial charge on any atom is -0.475 e. The second-order valence-electron chi connectivity index (χ2n) is 7.79. The SMILES string of the molecule is CN(C)CCn1c2c(ccc1=O)CCN(C(=O)C1CCOC1)CC2.O=C(O)C(F)(F)F. The fourth-order valence-corrected chi connectivity index (χ4v) is 3.55. The van der Waals surface area contributed by atoms with Gasteiger partial charge in [-0.3, -0.25) is 9.59 Å². The van der Waals surface area contributed by atoms with Crippen molar-refractivity contribution >= 4 is 11.9 Å². The first-order chi connectivity index (χ1) is 14.5. The average Bonchev–Trinajstić information content (AvgIpc) is 3.13. The summed E-state index contributed by atoms with van der Waals surface area (Å²) in [5.74, 6) is -2.53. The highest BCUT2D eigenvalue weighted by Crippen LogP contribution is 2.20. The quantitative estimate of drug-likeness (QED) is 0.741. The van der Waals surface area contributed by atoms with Crippen molar-refractivity contribution in [3.05, 3.63) is 33.7 Å². The molecule has 1 aromatic rings. The van der Waals surface area contributed by atoms with Gasteiger partial charge in [0.25, 0.3) is 5.56 Å². The zero-order valence-corrected chi connectivity index (χ0v) is 17.7. The third kappa shape index (κ3) is 7.06. The Kier molecular flexibility index (Phi) is 8.63. The molecule has 1 saturated heterocycles. The molecule has 0 bridgehead atoms. The number of alkyl halides is 3. The van der Waals surface area contributed by atoms with E-state index in [9.17, 15) is 22.8 Å². The second kappa shape index (κ2) is 10.8. The Balaban J connectivity index is 0.000000423. The molecule has 1 unspecified atom stereocenters. The van der Waals surface area contributed by atoms with Gasteiger partial charge >= 0.3 is 12.1 Å². The van der Waals surface area contributed by atoms with Crippen LogP contribution in [0.25, 0.3) is 0 Å². The largest absolute Gasteiger partial charge is 0.490 e. The second-order valence-corrected chi connectivity index (χ2v) is 7.79. The molecule has 2 aliphatic heterocycles. The van der Waals surface area contributed by atoms with Crippen molar-refractivity contribution in [1.29, 1.82) is 0 Å². The van der Waals surface area contributed by atoms with Gasteiger partial charge in [-0.2, -0.15) is 13.2 Å². The predicted molar refractivity (Wildman–Crippen MR) is 106 cm³/mol. The Morgan fingerprint density at radius 2 is 1.87 bits per heavy atom. The zero-order chi connectivity index (χ0) is 23.2. The van der Waals surface area contributed by atoms with E-state index in [0.29, 0.717) is 26.3 Å². The molecule has 174 valence electrons. The maximum atomic E-state index is 12.6.